The van der Waals surface area contributed by atoms with Gasteiger partial charge in [0.25, 0.3) is 0 Å². The van der Waals surface area contributed by atoms with Gasteiger partial charge in [-0.2, -0.15) is 5.10 Å². The predicted molar refractivity (Wildman–Crippen MR) is 101 cm³/mol. The molecule has 2 aromatic heterocycles. The smallest absolute Gasteiger partial charge is 0.180 e. The summed E-state index contributed by atoms with van der Waals surface area (Å²) in [6, 6.07) is 0.414. The number of nitrogens with zero attached hydrogens (tertiary/aromatic N) is 4. The van der Waals surface area contributed by atoms with Crippen LogP contribution < -0.4 is 9.64 Å². The van der Waals surface area contributed by atoms with E-state index in [9.17, 15) is 0 Å². The Labute approximate surface area is 150 Å². The maximum Gasteiger partial charge on any atom is 0.180 e. The molecule has 4 rings (SSSR count). The summed E-state index contributed by atoms with van der Waals surface area (Å²) < 4.78 is 8.28. The molecule has 5 heteroatoms. The molecule has 2 atom stereocenters. The van der Waals surface area contributed by atoms with Gasteiger partial charge in [-0.15, -0.1) is 0 Å². The second kappa shape index (κ2) is 5.36. The monoisotopic (exact) mass is 342 g/mol. The molecule has 2 aliphatic rings. The van der Waals surface area contributed by atoms with Gasteiger partial charge < -0.3 is 9.64 Å². The molecule has 0 amide bonds. The van der Waals surface area contributed by atoms with Gasteiger partial charge in [0, 0.05) is 11.1 Å². The second-order valence-corrected chi connectivity index (χ2v) is 9.55. The largest absolute Gasteiger partial charge is 0.483 e. The van der Waals surface area contributed by atoms with Gasteiger partial charge in [-0.05, 0) is 45.4 Å². The Morgan fingerprint density at radius 1 is 1.08 bits per heavy atom. The summed E-state index contributed by atoms with van der Waals surface area (Å²) in [4.78, 5) is 7.59. The van der Waals surface area contributed by atoms with Crippen LogP contribution in [0.3, 0.4) is 0 Å². The van der Waals surface area contributed by atoms with Crippen molar-refractivity contribution in [3.8, 4) is 5.75 Å². The topological polar surface area (TPSA) is 42.7 Å². The van der Waals surface area contributed by atoms with Crippen LogP contribution in [0.1, 0.15) is 72.8 Å². The Balaban J connectivity index is 1.92. The van der Waals surface area contributed by atoms with Gasteiger partial charge in [-0.1, -0.05) is 27.2 Å². The molecule has 1 fully saturated rings. The second-order valence-electron chi connectivity index (χ2n) is 9.55. The third-order valence-corrected chi connectivity index (χ3v) is 5.48. The first-order valence-electron chi connectivity index (χ1n) is 9.51. The first-order valence-corrected chi connectivity index (χ1v) is 9.51. The fourth-order valence-electron chi connectivity index (χ4n) is 4.32. The summed E-state index contributed by atoms with van der Waals surface area (Å²) in [5, 5.41) is 4.54. The van der Waals surface area contributed by atoms with E-state index < -0.39 is 0 Å². The summed E-state index contributed by atoms with van der Waals surface area (Å²) in [5.41, 5.74) is 2.14. The van der Waals surface area contributed by atoms with E-state index in [1.807, 2.05) is 16.9 Å². The number of aromatic nitrogens is 3. The fraction of sp³-hybridized carbons (Fsp3) is 0.700. The van der Waals surface area contributed by atoms with E-state index in [0.29, 0.717) is 6.04 Å². The van der Waals surface area contributed by atoms with Crippen LogP contribution in [-0.2, 0) is 5.41 Å². The number of anilines is 1. The van der Waals surface area contributed by atoms with Crippen LogP contribution in [0.2, 0.25) is 0 Å². The van der Waals surface area contributed by atoms with E-state index in [0.717, 1.165) is 23.6 Å². The average Bonchev–Trinajstić information content (AvgIpc) is 2.91. The normalized spacial score (nSPS) is 24.0. The minimum absolute atomic E-state index is 0.00600. The Morgan fingerprint density at radius 2 is 1.80 bits per heavy atom. The molecule has 0 aromatic carbocycles. The van der Waals surface area contributed by atoms with Crippen LogP contribution in [0.5, 0.6) is 5.75 Å². The SMILES string of the molecule is CC(C)(C)c1cnn2cc3c(nc12)N(C(C)(C)C)[C@H]1CCCC[C@H]1O3. The van der Waals surface area contributed by atoms with E-state index in [2.05, 4.69) is 51.5 Å². The molecule has 1 aliphatic heterocycles. The molecule has 1 saturated carbocycles. The van der Waals surface area contributed by atoms with Gasteiger partial charge in [0.15, 0.2) is 17.2 Å². The molecule has 0 spiro atoms. The van der Waals surface area contributed by atoms with Crippen LogP contribution in [-0.4, -0.2) is 32.3 Å². The van der Waals surface area contributed by atoms with Crippen molar-refractivity contribution in [2.75, 3.05) is 4.90 Å². The quantitative estimate of drug-likeness (QED) is 0.714. The molecule has 0 N–H and O–H groups in total. The Hall–Kier alpha value is -1.78. The van der Waals surface area contributed by atoms with Gasteiger partial charge in [-0.3, -0.25) is 0 Å². The highest BCUT2D eigenvalue weighted by Gasteiger charge is 2.43. The first-order chi connectivity index (χ1) is 11.7. The minimum Gasteiger partial charge on any atom is -0.483 e. The van der Waals surface area contributed by atoms with Crippen LogP contribution >= 0.6 is 0 Å². The zero-order valence-electron chi connectivity index (χ0n) is 16.3. The van der Waals surface area contributed by atoms with Crippen molar-refractivity contribution in [1.82, 2.24) is 14.6 Å². The van der Waals surface area contributed by atoms with Crippen LogP contribution in [0.25, 0.3) is 5.65 Å². The van der Waals surface area contributed by atoms with E-state index in [4.69, 9.17) is 9.72 Å². The first kappa shape index (κ1) is 16.7. The number of ether oxygens (including phenoxy) is 1. The van der Waals surface area contributed by atoms with E-state index >= 15 is 0 Å². The number of hydrogen-bond donors (Lipinski definition) is 0. The Kier molecular flexibility index (Phi) is 3.57. The van der Waals surface area contributed by atoms with Crippen molar-refractivity contribution in [3.05, 3.63) is 18.0 Å². The van der Waals surface area contributed by atoms with Crippen molar-refractivity contribution in [2.24, 2.45) is 0 Å². The molecule has 1 aliphatic carbocycles. The molecule has 2 aromatic rings. The zero-order chi connectivity index (χ0) is 18.0. The number of rotatable bonds is 0. The lowest BCUT2D eigenvalue weighted by Crippen LogP contribution is -2.58. The van der Waals surface area contributed by atoms with Crippen LogP contribution in [0.15, 0.2) is 12.4 Å². The lowest BCUT2D eigenvalue weighted by molar-refractivity contribution is 0.100. The maximum atomic E-state index is 6.40. The van der Waals surface area contributed by atoms with Crippen LogP contribution in [0.4, 0.5) is 5.82 Å². The highest BCUT2D eigenvalue weighted by atomic mass is 16.5. The summed E-state index contributed by atoms with van der Waals surface area (Å²) in [6.07, 6.45) is 9.06. The summed E-state index contributed by atoms with van der Waals surface area (Å²) >= 11 is 0. The lowest BCUT2D eigenvalue weighted by Gasteiger charge is -2.50. The van der Waals surface area contributed by atoms with Crippen molar-refractivity contribution >= 4 is 11.5 Å². The van der Waals surface area contributed by atoms with Crippen molar-refractivity contribution < 1.29 is 4.74 Å². The van der Waals surface area contributed by atoms with Gasteiger partial charge >= 0.3 is 0 Å². The zero-order valence-corrected chi connectivity index (χ0v) is 16.3. The average molecular weight is 342 g/mol. The molecule has 3 heterocycles. The van der Waals surface area contributed by atoms with Crippen molar-refractivity contribution in [3.63, 3.8) is 0 Å². The number of hydrogen-bond acceptors (Lipinski definition) is 4. The van der Waals surface area contributed by atoms with Gasteiger partial charge in [0.05, 0.1) is 18.4 Å². The highest BCUT2D eigenvalue weighted by Crippen LogP contribution is 2.43. The van der Waals surface area contributed by atoms with Crippen molar-refractivity contribution in [1.29, 1.82) is 0 Å². The number of fused-ring (bicyclic) bond motifs is 3. The standard InChI is InChI=1S/C20H30N4O/c1-19(2,3)13-11-21-23-12-16-18(22-17(13)23)24(20(4,5)6)14-9-7-8-10-15(14)25-16/h11-12,14-15H,7-10H2,1-6H3/t14-,15+/m0/s1. The molecule has 25 heavy (non-hydrogen) atoms. The van der Waals surface area contributed by atoms with Crippen molar-refractivity contribution in [2.45, 2.75) is 90.3 Å². The Bertz CT molecular complexity index is 796. The molecule has 0 unspecified atom stereocenters. The van der Waals surface area contributed by atoms with Crippen LogP contribution in [0, 0.1) is 0 Å². The predicted octanol–water partition coefficient (Wildman–Crippen LogP) is 4.34. The minimum atomic E-state index is 0.00600. The molecule has 0 saturated heterocycles. The molecule has 0 bridgehead atoms. The Morgan fingerprint density at radius 3 is 2.48 bits per heavy atom. The fourth-order valence-corrected chi connectivity index (χ4v) is 4.32. The van der Waals surface area contributed by atoms with E-state index in [1.54, 1.807) is 0 Å². The van der Waals surface area contributed by atoms with E-state index in [1.165, 1.54) is 24.8 Å². The molecule has 136 valence electrons. The summed E-state index contributed by atoms with van der Waals surface area (Å²) in [5.74, 6) is 1.85. The summed E-state index contributed by atoms with van der Waals surface area (Å²) in [6.45, 7) is 13.5. The molecule has 0 radical (unpaired) electrons. The molecular formula is C20H30N4O. The maximum absolute atomic E-state index is 6.40. The lowest BCUT2D eigenvalue weighted by atomic mass is 9.87. The van der Waals surface area contributed by atoms with E-state index in [-0.39, 0.29) is 17.1 Å². The van der Waals surface area contributed by atoms with Gasteiger partial charge in [0.2, 0.25) is 0 Å². The molecule has 5 nitrogen and oxygen atoms in total. The third-order valence-electron chi connectivity index (χ3n) is 5.48. The summed E-state index contributed by atoms with van der Waals surface area (Å²) in [7, 11) is 0. The third kappa shape index (κ3) is 2.68. The van der Waals surface area contributed by atoms with Gasteiger partial charge in [-0.25, -0.2) is 9.50 Å². The highest BCUT2D eigenvalue weighted by molar-refractivity contribution is 5.63. The van der Waals surface area contributed by atoms with Gasteiger partial charge in [0.1, 0.15) is 6.10 Å². The molecular weight excluding hydrogens is 312 g/mol.